The SMILES string of the molecule is CCN(Cc1ccc(OC)c(OC)c1)C(=O)c1cc(OC)c(C)c(OC)c1. The van der Waals surface area contributed by atoms with Crippen molar-refractivity contribution in [3.05, 3.63) is 47.0 Å². The molecule has 0 unspecified atom stereocenters. The largest absolute Gasteiger partial charge is 0.496 e. The molecule has 2 rings (SSSR count). The minimum absolute atomic E-state index is 0.0936. The van der Waals surface area contributed by atoms with Crippen LogP contribution in [0.1, 0.15) is 28.4 Å². The van der Waals surface area contributed by atoms with E-state index in [0.717, 1.165) is 11.1 Å². The summed E-state index contributed by atoms with van der Waals surface area (Å²) in [6.07, 6.45) is 0. The average Bonchev–Trinajstić information content (AvgIpc) is 2.71. The van der Waals surface area contributed by atoms with Crippen LogP contribution in [0.2, 0.25) is 0 Å². The summed E-state index contributed by atoms with van der Waals surface area (Å²) in [5.74, 6) is 2.45. The lowest BCUT2D eigenvalue weighted by Gasteiger charge is -2.22. The van der Waals surface area contributed by atoms with E-state index in [1.165, 1.54) is 0 Å². The van der Waals surface area contributed by atoms with Crippen molar-refractivity contribution in [2.45, 2.75) is 20.4 Å². The lowest BCUT2D eigenvalue weighted by molar-refractivity contribution is 0.0751. The summed E-state index contributed by atoms with van der Waals surface area (Å²) in [6.45, 7) is 4.86. The summed E-state index contributed by atoms with van der Waals surface area (Å²) in [4.78, 5) is 14.8. The highest BCUT2D eigenvalue weighted by Gasteiger charge is 2.19. The van der Waals surface area contributed by atoms with Crippen molar-refractivity contribution in [3.63, 3.8) is 0 Å². The quantitative estimate of drug-likeness (QED) is 0.706. The highest BCUT2D eigenvalue weighted by Crippen LogP contribution is 2.31. The molecule has 0 bridgehead atoms. The smallest absolute Gasteiger partial charge is 0.254 e. The number of carbonyl (C=O) groups is 1. The lowest BCUT2D eigenvalue weighted by atomic mass is 10.1. The first-order chi connectivity index (χ1) is 13.0. The highest BCUT2D eigenvalue weighted by molar-refractivity contribution is 5.95. The van der Waals surface area contributed by atoms with Gasteiger partial charge in [0.1, 0.15) is 11.5 Å². The van der Waals surface area contributed by atoms with Crippen molar-refractivity contribution in [3.8, 4) is 23.0 Å². The second-order valence-electron chi connectivity index (χ2n) is 6.01. The van der Waals surface area contributed by atoms with E-state index in [-0.39, 0.29) is 5.91 Å². The molecule has 0 radical (unpaired) electrons. The molecule has 0 spiro atoms. The summed E-state index contributed by atoms with van der Waals surface area (Å²) >= 11 is 0. The molecule has 2 aromatic rings. The number of amides is 1. The van der Waals surface area contributed by atoms with E-state index in [2.05, 4.69) is 0 Å². The molecular formula is C21H27NO5. The topological polar surface area (TPSA) is 57.2 Å². The first kappa shape index (κ1) is 20.4. The fourth-order valence-electron chi connectivity index (χ4n) is 2.92. The van der Waals surface area contributed by atoms with Gasteiger partial charge < -0.3 is 23.8 Å². The van der Waals surface area contributed by atoms with Gasteiger partial charge in [-0.15, -0.1) is 0 Å². The summed E-state index contributed by atoms with van der Waals surface area (Å²) < 4.78 is 21.4. The Morgan fingerprint density at radius 2 is 1.41 bits per heavy atom. The molecule has 6 heteroatoms. The molecule has 0 aliphatic carbocycles. The molecule has 0 saturated carbocycles. The normalized spacial score (nSPS) is 10.3. The molecule has 0 N–H and O–H groups in total. The summed E-state index contributed by atoms with van der Waals surface area (Å²) in [6, 6.07) is 9.14. The number of methoxy groups -OCH3 is 4. The number of ether oxygens (including phenoxy) is 4. The molecule has 1 amide bonds. The Morgan fingerprint density at radius 1 is 0.852 bits per heavy atom. The number of hydrogen-bond acceptors (Lipinski definition) is 5. The van der Waals surface area contributed by atoms with Crippen LogP contribution in [0.25, 0.3) is 0 Å². The first-order valence-corrected chi connectivity index (χ1v) is 8.71. The Labute approximate surface area is 160 Å². The van der Waals surface area contributed by atoms with Crippen molar-refractivity contribution < 1.29 is 23.7 Å². The van der Waals surface area contributed by atoms with Crippen LogP contribution in [0, 0.1) is 6.92 Å². The fraction of sp³-hybridized carbons (Fsp3) is 0.381. The van der Waals surface area contributed by atoms with Gasteiger partial charge in [-0.05, 0) is 43.7 Å². The fourth-order valence-corrected chi connectivity index (χ4v) is 2.92. The molecule has 0 atom stereocenters. The first-order valence-electron chi connectivity index (χ1n) is 8.71. The van der Waals surface area contributed by atoms with Crippen LogP contribution in [-0.2, 0) is 6.54 Å². The van der Waals surface area contributed by atoms with Crippen LogP contribution in [0.3, 0.4) is 0 Å². The van der Waals surface area contributed by atoms with Crippen LogP contribution in [0.15, 0.2) is 30.3 Å². The maximum atomic E-state index is 13.1. The van der Waals surface area contributed by atoms with E-state index in [0.29, 0.717) is 41.7 Å². The zero-order chi connectivity index (χ0) is 20.0. The van der Waals surface area contributed by atoms with Gasteiger partial charge in [0.25, 0.3) is 5.91 Å². The molecule has 6 nitrogen and oxygen atoms in total. The number of hydrogen-bond donors (Lipinski definition) is 0. The van der Waals surface area contributed by atoms with E-state index in [4.69, 9.17) is 18.9 Å². The van der Waals surface area contributed by atoms with E-state index < -0.39 is 0 Å². The van der Waals surface area contributed by atoms with Gasteiger partial charge >= 0.3 is 0 Å². The van der Waals surface area contributed by atoms with Crippen molar-refractivity contribution in [1.29, 1.82) is 0 Å². The van der Waals surface area contributed by atoms with Gasteiger partial charge in [-0.3, -0.25) is 4.79 Å². The molecule has 0 fully saturated rings. The third-order valence-electron chi connectivity index (χ3n) is 4.49. The van der Waals surface area contributed by atoms with E-state index in [1.54, 1.807) is 45.5 Å². The van der Waals surface area contributed by atoms with Gasteiger partial charge in [-0.1, -0.05) is 6.07 Å². The number of nitrogens with zero attached hydrogens (tertiary/aromatic N) is 1. The monoisotopic (exact) mass is 373 g/mol. The Hall–Kier alpha value is -2.89. The molecular weight excluding hydrogens is 346 g/mol. The van der Waals surface area contributed by atoms with Gasteiger partial charge in [-0.2, -0.15) is 0 Å². The molecule has 0 saturated heterocycles. The van der Waals surface area contributed by atoms with Gasteiger partial charge in [0.2, 0.25) is 0 Å². The van der Waals surface area contributed by atoms with Crippen LogP contribution in [-0.4, -0.2) is 45.8 Å². The zero-order valence-corrected chi connectivity index (χ0v) is 16.8. The Kier molecular flexibility index (Phi) is 6.93. The highest BCUT2D eigenvalue weighted by atomic mass is 16.5. The van der Waals surface area contributed by atoms with Gasteiger partial charge in [0.15, 0.2) is 11.5 Å². The molecule has 146 valence electrons. The Morgan fingerprint density at radius 3 is 1.89 bits per heavy atom. The minimum atomic E-state index is -0.0936. The van der Waals surface area contributed by atoms with E-state index >= 15 is 0 Å². The Bertz CT molecular complexity index is 778. The summed E-state index contributed by atoms with van der Waals surface area (Å²) in [5, 5.41) is 0. The molecule has 2 aromatic carbocycles. The van der Waals surface area contributed by atoms with Crippen molar-refractivity contribution in [1.82, 2.24) is 4.90 Å². The maximum absolute atomic E-state index is 13.1. The number of benzene rings is 2. The second-order valence-corrected chi connectivity index (χ2v) is 6.01. The maximum Gasteiger partial charge on any atom is 0.254 e. The molecule has 0 aliphatic rings. The molecule has 27 heavy (non-hydrogen) atoms. The van der Waals surface area contributed by atoms with Crippen LogP contribution in [0.4, 0.5) is 0 Å². The van der Waals surface area contributed by atoms with Crippen LogP contribution >= 0.6 is 0 Å². The van der Waals surface area contributed by atoms with Crippen LogP contribution < -0.4 is 18.9 Å². The van der Waals surface area contributed by atoms with E-state index in [1.807, 2.05) is 32.0 Å². The predicted octanol–water partition coefficient (Wildman–Crippen LogP) is 3.69. The van der Waals surface area contributed by atoms with Gasteiger partial charge in [-0.25, -0.2) is 0 Å². The predicted molar refractivity (Wildman–Crippen MR) is 104 cm³/mol. The molecule has 0 aliphatic heterocycles. The van der Waals surface area contributed by atoms with Gasteiger partial charge in [0.05, 0.1) is 28.4 Å². The van der Waals surface area contributed by atoms with Crippen LogP contribution in [0.5, 0.6) is 23.0 Å². The zero-order valence-electron chi connectivity index (χ0n) is 16.8. The summed E-state index contributed by atoms with van der Waals surface area (Å²) in [7, 11) is 6.35. The third kappa shape index (κ3) is 4.45. The third-order valence-corrected chi connectivity index (χ3v) is 4.49. The minimum Gasteiger partial charge on any atom is -0.496 e. The molecule has 0 aromatic heterocycles. The van der Waals surface area contributed by atoms with Crippen molar-refractivity contribution >= 4 is 5.91 Å². The number of carbonyl (C=O) groups excluding carboxylic acids is 1. The standard InChI is InChI=1S/C21H27NO5/c1-7-22(13-15-8-9-17(24-3)20(10-15)27-6)21(23)16-11-18(25-4)14(2)19(12-16)26-5/h8-12H,7,13H2,1-6H3. The van der Waals surface area contributed by atoms with Crippen molar-refractivity contribution in [2.24, 2.45) is 0 Å². The Balaban J connectivity index is 2.31. The molecule has 0 heterocycles. The lowest BCUT2D eigenvalue weighted by Crippen LogP contribution is -2.30. The number of rotatable bonds is 8. The van der Waals surface area contributed by atoms with E-state index in [9.17, 15) is 4.79 Å². The summed E-state index contributed by atoms with van der Waals surface area (Å²) in [5.41, 5.74) is 2.34. The van der Waals surface area contributed by atoms with Gasteiger partial charge in [0, 0.05) is 24.2 Å². The van der Waals surface area contributed by atoms with Crippen molar-refractivity contribution in [2.75, 3.05) is 35.0 Å². The second kappa shape index (κ2) is 9.16. The average molecular weight is 373 g/mol.